The Morgan fingerprint density at radius 3 is 2.47 bits per heavy atom. The number of nitrogens with one attached hydrogen (secondary N) is 2. The van der Waals surface area contributed by atoms with Gasteiger partial charge in [-0.3, -0.25) is 9.59 Å². The van der Waals surface area contributed by atoms with Crippen LogP contribution in [0.15, 0.2) is 52.0 Å². The molecule has 2 N–H and O–H groups in total. The molecule has 2 amide bonds. The number of nitrogens with zero attached hydrogens (tertiary/aromatic N) is 1. The van der Waals surface area contributed by atoms with Gasteiger partial charge in [-0.25, -0.2) is 9.82 Å². The van der Waals surface area contributed by atoms with Crippen molar-refractivity contribution < 1.29 is 18.7 Å². The molecule has 0 aliphatic carbocycles. The molecule has 0 saturated heterocycles. The highest BCUT2D eigenvalue weighted by Crippen LogP contribution is 2.22. The number of hydrogen-bond acceptors (Lipinski definition) is 4. The van der Waals surface area contributed by atoms with Gasteiger partial charge in [-0.15, -0.1) is 0 Å². The lowest BCUT2D eigenvalue weighted by Gasteiger charge is -2.20. The number of rotatable bonds is 8. The maximum absolute atomic E-state index is 13.8. The standard InChI is InChI=1S/C22H25BrFN3O3/c1-13(2)20(26-21(28)17-7-5-6-8-18(17)24)22(29)27-25-12-15-11-16(23)9-10-19(15)30-14(3)4/h5-14,20H,1-4H3,(H,26,28)(H,27,29)/b25-12+. The van der Waals surface area contributed by atoms with Crippen LogP contribution in [-0.2, 0) is 4.79 Å². The second-order valence-electron chi connectivity index (χ2n) is 7.26. The van der Waals surface area contributed by atoms with Gasteiger partial charge in [-0.1, -0.05) is 41.9 Å². The Bertz CT molecular complexity index is 932. The highest BCUT2D eigenvalue weighted by Gasteiger charge is 2.25. The molecule has 0 heterocycles. The number of carbonyl (C=O) groups is 2. The van der Waals surface area contributed by atoms with E-state index in [-0.39, 0.29) is 17.6 Å². The van der Waals surface area contributed by atoms with Gasteiger partial charge in [-0.2, -0.15) is 5.10 Å². The Morgan fingerprint density at radius 1 is 1.13 bits per heavy atom. The van der Waals surface area contributed by atoms with E-state index >= 15 is 0 Å². The molecule has 0 aliphatic rings. The van der Waals surface area contributed by atoms with Crippen LogP contribution in [0.4, 0.5) is 4.39 Å². The van der Waals surface area contributed by atoms with Crippen LogP contribution in [0.2, 0.25) is 0 Å². The van der Waals surface area contributed by atoms with Crippen LogP contribution in [0.1, 0.15) is 43.6 Å². The molecular weight excluding hydrogens is 453 g/mol. The molecule has 1 atom stereocenters. The minimum Gasteiger partial charge on any atom is -0.490 e. The molecule has 0 spiro atoms. The third-order valence-corrected chi connectivity index (χ3v) is 4.56. The average Bonchev–Trinajstić information content (AvgIpc) is 2.67. The van der Waals surface area contributed by atoms with Crippen molar-refractivity contribution in [1.82, 2.24) is 10.7 Å². The van der Waals surface area contributed by atoms with Gasteiger partial charge in [0.1, 0.15) is 17.6 Å². The van der Waals surface area contributed by atoms with Crippen LogP contribution in [0.5, 0.6) is 5.75 Å². The van der Waals surface area contributed by atoms with Crippen LogP contribution in [-0.4, -0.2) is 30.2 Å². The predicted molar refractivity (Wildman–Crippen MR) is 118 cm³/mol. The second kappa shape index (κ2) is 10.9. The number of amides is 2. The largest absolute Gasteiger partial charge is 0.490 e. The summed E-state index contributed by atoms with van der Waals surface area (Å²) in [4.78, 5) is 25.0. The topological polar surface area (TPSA) is 79.8 Å². The van der Waals surface area contributed by atoms with E-state index in [2.05, 4.69) is 31.8 Å². The van der Waals surface area contributed by atoms with Gasteiger partial charge in [0, 0.05) is 10.0 Å². The summed E-state index contributed by atoms with van der Waals surface area (Å²) in [6, 6.07) is 10.2. The van der Waals surface area contributed by atoms with Gasteiger partial charge in [0.2, 0.25) is 0 Å². The zero-order chi connectivity index (χ0) is 22.3. The van der Waals surface area contributed by atoms with Crippen molar-refractivity contribution in [1.29, 1.82) is 0 Å². The quantitative estimate of drug-likeness (QED) is 0.439. The molecule has 0 aromatic heterocycles. The summed E-state index contributed by atoms with van der Waals surface area (Å²) in [6.07, 6.45) is 1.45. The summed E-state index contributed by atoms with van der Waals surface area (Å²) in [5, 5.41) is 6.57. The molecule has 1 unspecified atom stereocenters. The number of carbonyl (C=O) groups excluding carboxylic acids is 2. The Balaban J connectivity index is 2.10. The van der Waals surface area contributed by atoms with Crippen molar-refractivity contribution in [2.45, 2.75) is 39.8 Å². The SMILES string of the molecule is CC(C)Oc1ccc(Br)cc1/C=N/NC(=O)C(NC(=O)c1ccccc1F)C(C)C. The molecular formula is C22H25BrFN3O3. The van der Waals surface area contributed by atoms with Crippen molar-refractivity contribution in [2.24, 2.45) is 11.0 Å². The number of halogens is 2. The third-order valence-electron chi connectivity index (χ3n) is 4.07. The molecule has 0 fully saturated rings. The first-order valence-corrected chi connectivity index (χ1v) is 10.3. The zero-order valence-electron chi connectivity index (χ0n) is 17.3. The van der Waals surface area contributed by atoms with E-state index in [9.17, 15) is 14.0 Å². The summed E-state index contributed by atoms with van der Waals surface area (Å²) in [7, 11) is 0. The number of ether oxygens (including phenoxy) is 1. The van der Waals surface area contributed by atoms with Crippen LogP contribution in [0.3, 0.4) is 0 Å². The summed E-state index contributed by atoms with van der Waals surface area (Å²) in [5.41, 5.74) is 2.99. The lowest BCUT2D eigenvalue weighted by molar-refractivity contribution is -0.123. The van der Waals surface area contributed by atoms with E-state index in [0.717, 1.165) is 4.47 Å². The van der Waals surface area contributed by atoms with E-state index in [0.29, 0.717) is 11.3 Å². The van der Waals surface area contributed by atoms with Gasteiger partial charge >= 0.3 is 0 Å². The van der Waals surface area contributed by atoms with E-state index < -0.39 is 23.7 Å². The Labute approximate surface area is 184 Å². The fourth-order valence-corrected chi connectivity index (χ4v) is 2.99. The van der Waals surface area contributed by atoms with Crippen LogP contribution >= 0.6 is 15.9 Å². The van der Waals surface area contributed by atoms with Gasteiger partial charge in [0.25, 0.3) is 11.8 Å². The van der Waals surface area contributed by atoms with Gasteiger partial charge in [0.05, 0.1) is 17.9 Å². The highest BCUT2D eigenvalue weighted by atomic mass is 79.9. The lowest BCUT2D eigenvalue weighted by Crippen LogP contribution is -2.48. The van der Waals surface area contributed by atoms with E-state index in [1.54, 1.807) is 26.0 Å². The molecule has 2 rings (SSSR count). The molecule has 0 saturated carbocycles. The van der Waals surface area contributed by atoms with E-state index in [1.807, 2.05) is 26.0 Å². The monoisotopic (exact) mass is 477 g/mol. The Kier molecular flexibility index (Phi) is 8.53. The molecule has 2 aromatic carbocycles. The molecule has 160 valence electrons. The van der Waals surface area contributed by atoms with Crippen LogP contribution < -0.4 is 15.5 Å². The number of hydrogen-bond donors (Lipinski definition) is 2. The fourth-order valence-electron chi connectivity index (χ4n) is 2.62. The molecule has 6 nitrogen and oxygen atoms in total. The minimum absolute atomic E-state index is 0.0215. The van der Waals surface area contributed by atoms with Gasteiger partial charge < -0.3 is 10.1 Å². The number of benzene rings is 2. The average molecular weight is 478 g/mol. The van der Waals surface area contributed by atoms with Crippen molar-refractivity contribution in [3.63, 3.8) is 0 Å². The molecule has 2 aromatic rings. The van der Waals surface area contributed by atoms with Crippen molar-refractivity contribution in [2.75, 3.05) is 0 Å². The Morgan fingerprint density at radius 2 is 1.83 bits per heavy atom. The van der Waals surface area contributed by atoms with Crippen molar-refractivity contribution >= 4 is 34.0 Å². The lowest BCUT2D eigenvalue weighted by atomic mass is 10.0. The Hall–Kier alpha value is -2.74. The fraction of sp³-hybridized carbons (Fsp3) is 0.318. The molecule has 0 bridgehead atoms. The number of hydrazone groups is 1. The summed E-state index contributed by atoms with van der Waals surface area (Å²) >= 11 is 3.40. The molecule has 0 radical (unpaired) electrons. The van der Waals surface area contributed by atoms with Crippen LogP contribution in [0.25, 0.3) is 0 Å². The predicted octanol–water partition coefficient (Wildman–Crippen LogP) is 4.28. The highest BCUT2D eigenvalue weighted by molar-refractivity contribution is 9.10. The normalized spacial score (nSPS) is 12.3. The van der Waals surface area contributed by atoms with Gasteiger partial charge in [0.15, 0.2) is 0 Å². The summed E-state index contributed by atoms with van der Waals surface area (Å²) < 4.78 is 20.4. The third kappa shape index (κ3) is 6.66. The summed E-state index contributed by atoms with van der Waals surface area (Å²) in [6.45, 7) is 7.38. The molecule has 8 heteroatoms. The first-order valence-electron chi connectivity index (χ1n) is 9.53. The van der Waals surface area contributed by atoms with Crippen LogP contribution in [0, 0.1) is 11.7 Å². The first-order chi connectivity index (χ1) is 14.2. The minimum atomic E-state index is -0.886. The van der Waals surface area contributed by atoms with Crippen molar-refractivity contribution in [3.05, 3.63) is 63.9 Å². The smallest absolute Gasteiger partial charge is 0.262 e. The molecule has 0 aliphatic heterocycles. The van der Waals surface area contributed by atoms with Gasteiger partial charge in [-0.05, 0) is 50.1 Å². The second-order valence-corrected chi connectivity index (χ2v) is 8.17. The van der Waals surface area contributed by atoms with Crippen molar-refractivity contribution in [3.8, 4) is 5.75 Å². The van der Waals surface area contributed by atoms with E-state index in [1.165, 1.54) is 24.4 Å². The van der Waals surface area contributed by atoms with E-state index in [4.69, 9.17) is 4.74 Å². The maximum atomic E-state index is 13.8. The summed E-state index contributed by atoms with van der Waals surface area (Å²) in [5.74, 6) is -1.43. The maximum Gasteiger partial charge on any atom is 0.262 e. The zero-order valence-corrected chi connectivity index (χ0v) is 18.9. The molecule has 30 heavy (non-hydrogen) atoms. The first kappa shape index (κ1) is 23.5.